The minimum Gasteiger partial charge on any atom is -0.346 e. The van der Waals surface area contributed by atoms with Crippen LogP contribution in [0.1, 0.15) is 18.4 Å². The SMILES string of the molecule is O=C1N(Cc2ccccc2)CCC12CNCCC21OCCO1. The molecule has 1 unspecified atom stereocenters. The summed E-state index contributed by atoms with van der Waals surface area (Å²) in [5, 5.41) is 3.38. The number of fused-ring (bicyclic) bond motifs is 1. The Kier molecular flexibility index (Phi) is 3.44. The molecule has 3 aliphatic rings. The van der Waals surface area contributed by atoms with Crippen molar-refractivity contribution in [3.63, 3.8) is 0 Å². The van der Waals surface area contributed by atoms with E-state index < -0.39 is 11.2 Å². The van der Waals surface area contributed by atoms with Gasteiger partial charge >= 0.3 is 0 Å². The molecule has 4 rings (SSSR count). The molecule has 1 amide bonds. The van der Waals surface area contributed by atoms with Gasteiger partial charge in [0.2, 0.25) is 5.91 Å². The second kappa shape index (κ2) is 5.33. The molecule has 0 bridgehead atoms. The molecule has 5 heteroatoms. The molecule has 5 nitrogen and oxygen atoms in total. The first kappa shape index (κ1) is 14.2. The maximum absolute atomic E-state index is 13.2. The highest BCUT2D eigenvalue weighted by Gasteiger charge is 2.64. The number of piperidine rings is 1. The van der Waals surface area contributed by atoms with E-state index in [1.165, 1.54) is 5.56 Å². The lowest BCUT2D eigenvalue weighted by atomic mass is 9.73. The predicted octanol–water partition coefficient (Wildman–Crippen LogP) is 1.14. The smallest absolute Gasteiger partial charge is 0.235 e. The summed E-state index contributed by atoms with van der Waals surface area (Å²) in [5.41, 5.74) is 0.607. The number of nitrogens with one attached hydrogen (secondary N) is 1. The second-order valence-electron chi connectivity index (χ2n) is 6.42. The lowest BCUT2D eigenvalue weighted by Crippen LogP contribution is -2.62. The maximum atomic E-state index is 13.2. The maximum Gasteiger partial charge on any atom is 0.235 e. The number of ether oxygens (including phenoxy) is 2. The Hall–Kier alpha value is -1.43. The van der Waals surface area contributed by atoms with E-state index in [1.807, 2.05) is 23.1 Å². The molecule has 1 N–H and O–H groups in total. The van der Waals surface area contributed by atoms with Crippen LogP contribution in [0.4, 0.5) is 0 Å². The fourth-order valence-electron chi connectivity index (χ4n) is 4.11. The van der Waals surface area contributed by atoms with Crippen LogP contribution in [-0.2, 0) is 20.8 Å². The van der Waals surface area contributed by atoms with Crippen LogP contribution in [0.5, 0.6) is 0 Å². The fraction of sp³-hybridized carbons (Fsp3) is 0.588. The number of likely N-dealkylation sites (tertiary alicyclic amines) is 1. The van der Waals surface area contributed by atoms with Crippen molar-refractivity contribution in [1.29, 1.82) is 0 Å². The molecule has 1 atom stereocenters. The molecule has 2 spiro atoms. The molecule has 118 valence electrons. The van der Waals surface area contributed by atoms with Crippen molar-refractivity contribution < 1.29 is 14.3 Å². The molecule has 0 radical (unpaired) electrons. The number of rotatable bonds is 2. The van der Waals surface area contributed by atoms with Crippen LogP contribution >= 0.6 is 0 Å². The first-order valence-electron chi connectivity index (χ1n) is 8.08. The number of carbonyl (C=O) groups is 1. The van der Waals surface area contributed by atoms with E-state index in [9.17, 15) is 4.79 Å². The van der Waals surface area contributed by atoms with Gasteiger partial charge in [-0.1, -0.05) is 30.3 Å². The Balaban J connectivity index is 1.59. The summed E-state index contributed by atoms with van der Waals surface area (Å²) in [6.45, 7) is 4.10. The number of amides is 1. The molecular weight excluding hydrogens is 280 g/mol. The van der Waals surface area contributed by atoms with Gasteiger partial charge in [-0.3, -0.25) is 4.79 Å². The van der Waals surface area contributed by atoms with Crippen LogP contribution in [0.25, 0.3) is 0 Å². The summed E-state index contributed by atoms with van der Waals surface area (Å²) in [4.78, 5) is 15.1. The largest absolute Gasteiger partial charge is 0.346 e. The van der Waals surface area contributed by atoms with Gasteiger partial charge in [-0.25, -0.2) is 0 Å². The number of nitrogens with zero attached hydrogens (tertiary/aromatic N) is 1. The molecule has 3 fully saturated rings. The quantitative estimate of drug-likeness (QED) is 0.890. The van der Waals surface area contributed by atoms with Gasteiger partial charge in [-0.05, 0) is 12.0 Å². The summed E-state index contributed by atoms with van der Waals surface area (Å²) in [6.07, 6.45) is 1.55. The Morgan fingerprint density at radius 2 is 1.91 bits per heavy atom. The van der Waals surface area contributed by atoms with Gasteiger partial charge in [-0.15, -0.1) is 0 Å². The molecule has 0 saturated carbocycles. The van der Waals surface area contributed by atoms with Crippen molar-refractivity contribution in [3.05, 3.63) is 35.9 Å². The van der Waals surface area contributed by atoms with E-state index in [0.29, 0.717) is 26.3 Å². The molecule has 0 aromatic heterocycles. The molecular formula is C17H22N2O3. The highest BCUT2D eigenvalue weighted by Crippen LogP contribution is 2.49. The summed E-state index contributed by atoms with van der Waals surface area (Å²) in [6, 6.07) is 10.2. The number of carbonyl (C=O) groups excluding carboxylic acids is 1. The summed E-state index contributed by atoms with van der Waals surface area (Å²) < 4.78 is 12.0. The third-order valence-electron chi connectivity index (χ3n) is 5.26. The van der Waals surface area contributed by atoms with E-state index >= 15 is 0 Å². The van der Waals surface area contributed by atoms with Gasteiger partial charge < -0.3 is 19.7 Å². The van der Waals surface area contributed by atoms with Gasteiger partial charge in [-0.2, -0.15) is 0 Å². The lowest BCUT2D eigenvalue weighted by Gasteiger charge is -2.46. The highest BCUT2D eigenvalue weighted by atomic mass is 16.7. The standard InChI is InChI=1S/C17H22N2O3/c20-15-16(13-18-8-6-17(16)21-10-11-22-17)7-9-19(15)12-14-4-2-1-3-5-14/h1-5,18H,6-13H2. The predicted molar refractivity (Wildman–Crippen MR) is 81.0 cm³/mol. The van der Waals surface area contributed by atoms with Crippen molar-refractivity contribution in [2.45, 2.75) is 25.2 Å². The fourth-order valence-corrected chi connectivity index (χ4v) is 4.11. The van der Waals surface area contributed by atoms with Crippen LogP contribution in [0.15, 0.2) is 30.3 Å². The summed E-state index contributed by atoms with van der Waals surface area (Å²) in [5.74, 6) is -0.536. The van der Waals surface area contributed by atoms with Crippen molar-refractivity contribution in [1.82, 2.24) is 10.2 Å². The average molecular weight is 302 g/mol. The zero-order valence-corrected chi connectivity index (χ0v) is 12.7. The zero-order chi connectivity index (χ0) is 15.0. The molecule has 0 aliphatic carbocycles. The van der Waals surface area contributed by atoms with E-state index in [2.05, 4.69) is 17.4 Å². The van der Waals surface area contributed by atoms with Crippen molar-refractivity contribution in [3.8, 4) is 0 Å². The molecule has 22 heavy (non-hydrogen) atoms. The van der Waals surface area contributed by atoms with Gasteiger partial charge in [0.05, 0.1) is 13.2 Å². The van der Waals surface area contributed by atoms with Crippen molar-refractivity contribution in [2.24, 2.45) is 5.41 Å². The van der Waals surface area contributed by atoms with E-state index in [-0.39, 0.29) is 5.91 Å². The van der Waals surface area contributed by atoms with Crippen molar-refractivity contribution in [2.75, 3.05) is 32.8 Å². The van der Waals surface area contributed by atoms with Gasteiger partial charge in [0.1, 0.15) is 5.41 Å². The normalized spacial score (nSPS) is 30.5. The third kappa shape index (κ3) is 2.00. The zero-order valence-electron chi connectivity index (χ0n) is 12.7. The van der Waals surface area contributed by atoms with Crippen LogP contribution in [0.3, 0.4) is 0 Å². The Morgan fingerprint density at radius 1 is 1.14 bits per heavy atom. The van der Waals surface area contributed by atoms with Gasteiger partial charge in [0.15, 0.2) is 5.79 Å². The Labute approximate surface area is 130 Å². The molecule has 1 aromatic rings. The number of hydrogen-bond donors (Lipinski definition) is 1. The third-order valence-corrected chi connectivity index (χ3v) is 5.26. The second-order valence-corrected chi connectivity index (χ2v) is 6.42. The average Bonchev–Trinajstić information content (AvgIpc) is 3.13. The molecule has 3 heterocycles. The minimum absolute atomic E-state index is 0.172. The van der Waals surface area contributed by atoms with Crippen molar-refractivity contribution >= 4 is 5.91 Å². The minimum atomic E-state index is -0.708. The lowest BCUT2D eigenvalue weighted by molar-refractivity contribution is -0.242. The van der Waals surface area contributed by atoms with Crippen LogP contribution < -0.4 is 5.32 Å². The molecule has 3 saturated heterocycles. The van der Waals surface area contributed by atoms with Crippen LogP contribution in [-0.4, -0.2) is 49.4 Å². The number of benzene rings is 1. The summed E-state index contributed by atoms with van der Waals surface area (Å²) >= 11 is 0. The van der Waals surface area contributed by atoms with E-state index in [4.69, 9.17) is 9.47 Å². The Bertz CT molecular complexity index is 556. The number of hydrogen-bond acceptors (Lipinski definition) is 4. The Morgan fingerprint density at radius 3 is 2.68 bits per heavy atom. The topological polar surface area (TPSA) is 50.8 Å². The molecule has 1 aromatic carbocycles. The van der Waals surface area contributed by atoms with Gasteiger partial charge in [0, 0.05) is 32.6 Å². The van der Waals surface area contributed by atoms with E-state index in [0.717, 1.165) is 25.9 Å². The summed E-state index contributed by atoms with van der Waals surface area (Å²) in [7, 11) is 0. The van der Waals surface area contributed by atoms with Crippen LogP contribution in [0.2, 0.25) is 0 Å². The first-order valence-corrected chi connectivity index (χ1v) is 8.08. The van der Waals surface area contributed by atoms with Crippen LogP contribution in [0, 0.1) is 5.41 Å². The first-order chi connectivity index (χ1) is 10.8. The monoisotopic (exact) mass is 302 g/mol. The van der Waals surface area contributed by atoms with E-state index in [1.54, 1.807) is 0 Å². The molecule has 3 aliphatic heterocycles. The highest BCUT2D eigenvalue weighted by molar-refractivity contribution is 5.86. The van der Waals surface area contributed by atoms with Gasteiger partial charge in [0.25, 0.3) is 0 Å².